The number of methoxy groups -OCH3 is 1. The van der Waals surface area contributed by atoms with Crippen molar-refractivity contribution in [2.24, 2.45) is 0 Å². The van der Waals surface area contributed by atoms with E-state index in [0.717, 1.165) is 12.8 Å². The minimum Gasteiger partial charge on any atom is -0.377 e. The molecule has 8 heteroatoms. The van der Waals surface area contributed by atoms with E-state index >= 15 is 0 Å². The molecular formula is C8H13N3O4S. The summed E-state index contributed by atoms with van der Waals surface area (Å²) in [6.45, 7) is 0.286. The van der Waals surface area contributed by atoms with Gasteiger partial charge in [0, 0.05) is 7.11 Å². The Morgan fingerprint density at radius 3 is 2.94 bits per heavy atom. The van der Waals surface area contributed by atoms with E-state index in [0.29, 0.717) is 5.82 Å². The van der Waals surface area contributed by atoms with Crippen LogP contribution in [0.5, 0.6) is 0 Å². The highest BCUT2D eigenvalue weighted by Gasteiger charge is 2.35. The van der Waals surface area contributed by atoms with E-state index in [-0.39, 0.29) is 24.3 Å². The van der Waals surface area contributed by atoms with Gasteiger partial charge in [0.1, 0.15) is 6.61 Å². The van der Waals surface area contributed by atoms with Gasteiger partial charge >= 0.3 is 0 Å². The minimum absolute atomic E-state index is 0.0372. The summed E-state index contributed by atoms with van der Waals surface area (Å²) in [5, 5.41) is 3.38. The van der Waals surface area contributed by atoms with Crippen LogP contribution in [0.4, 0.5) is 0 Å². The highest BCUT2D eigenvalue weighted by molar-refractivity contribution is 7.90. The van der Waals surface area contributed by atoms with Crippen LogP contribution in [0.1, 0.15) is 24.6 Å². The van der Waals surface area contributed by atoms with E-state index in [2.05, 4.69) is 14.9 Å². The standard InChI is InChI=1S/C8H13N3O4S/c1-14-5-7-10-8(15-11-7)4-9-16(12,13)6-2-3-6/h6,9H,2-5H2,1H3. The van der Waals surface area contributed by atoms with Crippen LogP contribution in [0.3, 0.4) is 0 Å². The lowest BCUT2D eigenvalue weighted by Crippen LogP contribution is -2.26. The Labute approximate surface area is 93.2 Å². The van der Waals surface area contributed by atoms with Gasteiger partial charge < -0.3 is 9.26 Å². The smallest absolute Gasteiger partial charge is 0.241 e. The summed E-state index contributed by atoms with van der Waals surface area (Å²) in [5.41, 5.74) is 0. The average Bonchev–Trinajstić information content (AvgIpc) is 3.00. The monoisotopic (exact) mass is 247 g/mol. The summed E-state index contributed by atoms with van der Waals surface area (Å²) in [6.07, 6.45) is 1.46. The summed E-state index contributed by atoms with van der Waals surface area (Å²) >= 11 is 0. The normalized spacial score (nSPS) is 16.6. The van der Waals surface area contributed by atoms with Crippen molar-refractivity contribution in [3.63, 3.8) is 0 Å². The van der Waals surface area contributed by atoms with Crippen LogP contribution in [0, 0.1) is 0 Å². The molecule has 1 aromatic rings. The molecule has 0 aliphatic heterocycles. The van der Waals surface area contributed by atoms with Crippen molar-refractivity contribution in [2.75, 3.05) is 7.11 Å². The molecule has 1 aliphatic carbocycles. The zero-order chi connectivity index (χ0) is 11.6. The zero-order valence-corrected chi connectivity index (χ0v) is 9.66. The van der Waals surface area contributed by atoms with Crippen LogP contribution >= 0.6 is 0 Å². The second kappa shape index (κ2) is 4.48. The van der Waals surface area contributed by atoms with Crippen molar-refractivity contribution in [2.45, 2.75) is 31.2 Å². The van der Waals surface area contributed by atoms with E-state index in [4.69, 9.17) is 9.26 Å². The Hall–Kier alpha value is -0.990. The molecule has 0 saturated heterocycles. The maximum Gasteiger partial charge on any atom is 0.241 e. The van der Waals surface area contributed by atoms with Gasteiger partial charge in [0.15, 0.2) is 5.82 Å². The molecular weight excluding hydrogens is 234 g/mol. The molecule has 16 heavy (non-hydrogen) atoms. The van der Waals surface area contributed by atoms with Crippen LogP contribution in [-0.4, -0.2) is 30.9 Å². The number of sulfonamides is 1. The fourth-order valence-corrected chi connectivity index (χ4v) is 2.53. The lowest BCUT2D eigenvalue weighted by atomic mass is 10.6. The van der Waals surface area contributed by atoms with Gasteiger partial charge in [0.25, 0.3) is 0 Å². The quantitative estimate of drug-likeness (QED) is 0.748. The number of hydrogen-bond acceptors (Lipinski definition) is 6. The van der Waals surface area contributed by atoms with E-state index < -0.39 is 10.0 Å². The van der Waals surface area contributed by atoms with E-state index in [1.165, 1.54) is 7.11 Å². The summed E-state index contributed by atoms with van der Waals surface area (Å²) in [4.78, 5) is 3.95. The van der Waals surface area contributed by atoms with E-state index in [1.54, 1.807) is 0 Å². The van der Waals surface area contributed by atoms with Crippen molar-refractivity contribution in [1.82, 2.24) is 14.9 Å². The molecule has 0 radical (unpaired) electrons. The summed E-state index contributed by atoms with van der Waals surface area (Å²) < 4.78 is 35.0. The van der Waals surface area contributed by atoms with Crippen molar-refractivity contribution >= 4 is 10.0 Å². The van der Waals surface area contributed by atoms with Crippen molar-refractivity contribution in [1.29, 1.82) is 0 Å². The molecule has 0 aromatic carbocycles. The fourth-order valence-electron chi connectivity index (χ4n) is 1.21. The number of nitrogens with one attached hydrogen (secondary N) is 1. The Balaban J connectivity index is 1.89. The van der Waals surface area contributed by atoms with E-state index in [1.807, 2.05) is 0 Å². The first-order valence-corrected chi connectivity index (χ1v) is 6.45. The summed E-state index contributed by atoms with van der Waals surface area (Å²) in [5.74, 6) is 0.652. The van der Waals surface area contributed by atoms with Gasteiger partial charge in [-0.2, -0.15) is 4.98 Å². The zero-order valence-electron chi connectivity index (χ0n) is 8.84. The van der Waals surface area contributed by atoms with Gasteiger partial charge in [-0.15, -0.1) is 0 Å². The lowest BCUT2D eigenvalue weighted by molar-refractivity contribution is 0.174. The third kappa shape index (κ3) is 2.77. The first-order valence-electron chi connectivity index (χ1n) is 4.90. The van der Waals surface area contributed by atoms with Crippen molar-refractivity contribution in [3.8, 4) is 0 Å². The molecule has 90 valence electrons. The Kier molecular flexibility index (Phi) is 3.22. The number of rotatable bonds is 6. The molecule has 1 heterocycles. The van der Waals surface area contributed by atoms with Crippen LogP contribution in [0.25, 0.3) is 0 Å². The molecule has 0 atom stereocenters. The second-order valence-electron chi connectivity index (χ2n) is 3.60. The van der Waals surface area contributed by atoms with E-state index in [9.17, 15) is 8.42 Å². The van der Waals surface area contributed by atoms with Crippen LogP contribution in [0.2, 0.25) is 0 Å². The average molecular weight is 247 g/mol. The van der Waals surface area contributed by atoms with Gasteiger partial charge in [-0.05, 0) is 12.8 Å². The van der Waals surface area contributed by atoms with Crippen molar-refractivity contribution < 1.29 is 17.7 Å². The number of aromatic nitrogens is 2. The fraction of sp³-hybridized carbons (Fsp3) is 0.750. The maximum atomic E-state index is 11.5. The molecule has 1 N–H and O–H groups in total. The number of nitrogens with zero attached hydrogens (tertiary/aromatic N) is 2. The van der Waals surface area contributed by atoms with Gasteiger partial charge in [0.2, 0.25) is 15.9 Å². The maximum absolute atomic E-state index is 11.5. The molecule has 0 amide bonds. The summed E-state index contributed by atoms with van der Waals surface area (Å²) in [7, 11) is -1.68. The largest absolute Gasteiger partial charge is 0.377 e. The minimum atomic E-state index is -3.20. The topological polar surface area (TPSA) is 94.3 Å². The Morgan fingerprint density at radius 2 is 2.31 bits per heavy atom. The molecule has 0 unspecified atom stereocenters. The van der Waals surface area contributed by atoms with Crippen molar-refractivity contribution in [3.05, 3.63) is 11.7 Å². The molecule has 7 nitrogen and oxygen atoms in total. The predicted octanol–water partition coefficient (Wildman–Crippen LogP) is -0.202. The van der Waals surface area contributed by atoms with Crippen LogP contribution in [0.15, 0.2) is 4.52 Å². The third-order valence-electron chi connectivity index (χ3n) is 2.17. The Morgan fingerprint density at radius 1 is 1.56 bits per heavy atom. The molecule has 2 rings (SSSR count). The van der Waals surface area contributed by atoms with Gasteiger partial charge in [-0.3, -0.25) is 0 Å². The molecule has 0 spiro atoms. The molecule has 1 aromatic heterocycles. The molecule has 1 fully saturated rings. The highest BCUT2D eigenvalue weighted by atomic mass is 32.2. The first-order chi connectivity index (χ1) is 7.62. The molecule has 0 bridgehead atoms. The molecule has 1 aliphatic rings. The Bertz CT molecular complexity index is 452. The summed E-state index contributed by atoms with van der Waals surface area (Å²) in [6, 6.07) is 0. The van der Waals surface area contributed by atoms with Crippen LogP contribution in [-0.2, 0) is 27.9 Å². The first kappa shape index (κ1) is 11.5. The highest BCUT2D eigenvalue weighted by Crippen LogP contribution is 2.27. The molecule has 1 saturated carbocycles. The SMILES string of the molecule is COCc1noc(CNS(=O)(=O)C2CC2)n1. The van der Waals surface area contributed by atoms with Gasteiger partial charge in [0.05, 0.1) is 11.8 Å². The lowest BCUT2D eigenvalue weighted by Gasteiger charge is -2.00. The number of ether oxygens (including phenoxy) is 1. The van der Waals surface area contributed by atoms with Crippen LogP contribution < -0.4 is 4.72 Å². The number of hydrogen-bond donors (Lipinski definition) is 1. The predicted molar refractivity (Wildman–Crippen MR) is 53.8 cm³/mol. The second-order valence-corrected chi connectivity index (χ2v) is 5.65. The third-order valence-corrected chi connectivity index (χ3v) is 4.07. The van der Waals surface area contributed by atoms with Gasteiger partial charge in [-0.1, -0.05) is 5.16 Å². The van der Waals surface area contributed by atoms with Gasteiger partial charge in [-0.25, -0.2) is 13.1 Å².